The average Bonchev–Trinajstić information content (AvgIpc) is 2.13. The van der Waals surface area contributed by atoms with Crippen LogP contribution < -0.4 is 11.1 Å². The minimum absolute atomic E-state index is 0.251. The molecule has 0 rings (SSSR count). The van der Waals surface area contributed by atoms with Gasteiger partial charge in [-0.1, -0.05) is 13.3 Å². The van der Waals surface area contributed by atoms with Crippen LogP contribution in [0.25, 0.3) is 0 Å². The number of carbonyl (C=O) groups excluding carboxylic acids is 1. The van der Waals surface area contributed by atoms with Crippen LogP contribution in [0.3, 0.4) is 0 Å². The fraction of sp³-hybridized carbons (Fsp3) is 0.818. The summed E-state index contributed by atoms with van der Waals surface area (Å²) < 4.78 is 0. The summed E-state index contributed by atoms with van der Waals surface area (Å²) in [6, 6.07) is -0.779. The summed E-state index contributed by atoms with van der Waals surface area (Å²) in [5.74, 6) is -1.23. The topological polar surface area (TPSA) is 92.4 Å². The maximum atomic E-state index is 11.4. The van der Waals surface area contributed by atoms with Crippen molar-refractivity contribution in [2.24, 2.45) is 5.73 Å². The van der Waals surface area contributed by atoms with E-state index in [1.165, 1.54) is 0 Å². The predicted molar refractivity (Wildman–Crippen MR) is 62.0 cm³/mol. The first-order valence-electron chi connectivity index (χ1n) is 5.57. The molecule has 0 saturated heterocycles. The van der Waals surface area contributed by atoms with E-state index in [0.29, 0.717) is 12.8 Å². The number of aliphatic carboxylic acids is 1. The van der Waals surface area contributed by atoms with Crippen molar-refractivity contribution in [2.45, 2.75) is 58.0 Å². The summed E-state index contributed by atoms with van der Waals surface area (Å²) in [6.07, 6.45) is 1.97. The fourth-order valence-electron chi connectivity index (χ4n) is 1.25. The Morgan fingerprint density at radius 1 is 1.44 bits per heavy atom. The Balaban J connectivity index is 4.05. The molecule has 1 amide bonds. The number of nitrogens with one attached hydrogen (secondary N) is 1. The third kappa shape index (κ3) is 7.23. The first kappa shape index (κ1) is 14.9. The van der Waals surface area contributed by atoms with Crippen LogP contribution in [-0.2, 0) is 9.59 Å². The Bertz CT molecular complexity index is 246. The van der Waals surface area contributed by atoms with Crippen LogP contribution in [-0.4, -0.2) is 28.6 Å². The SMILES string of the molecule is CCCC(NC(=O)CCC(C)(C)N)C(=O)O. The van der Waals surface area contributed by atoms with E-state index >= 15 is 0 Å². The van der Waals surface area contributed by atoms with Crippen LogP contribution in [0.2, 0.25) is 0 Å². The molecule has 0 aromatic rings. The zero-order valence-electron chi connectivity index (χ0n) is 10.2. The van der Waals surface area contributed by atoms with E-state index in [0.717, 1.165) is 6.42 Å². The van der Waals surface area contributed by atoms with Gasteiger partial charge in [0.25, 0.3) is 0 Å². The molecule has 5 nitrogen and oxygen atoms in total. The van der Waals surface area contributed by atoms with E-state index in [9.17, 15) is 9.59 Å². The quantitative estimate of drug-likeness (QED) is 0.605. The molecule has 0 bridgehead atoms. The molecule has 1 unspecified atom stereocenters. The molecule has 4 N–H and O–H groups in total. The summed E-state index contributed by atoms with van der Waals surface area (Å²) >= 11 is 0. The van der Waals surface area contributed by atoms with Gasteiger partial charge < -0.3 is 16.2 Å². The summed E-state index contributed by atoms with van der Waals surface area (Å²) in [5.41, 5.74) is 5.33. The van der Waals surface area contributed by atoms with Crippen molar-refractivity contribution >= 4 is 11.9 Å². The molecule has 5 heteroatoms. The highest BCUT2D eigenvalue weighted by molar-refractivity contribution is 5.83. The molecule has 1 atom stereocenters. The maximum absolute atomic E-state index is 11.4. The van der Waals surface area contributed by atoms with Crippen LogP contribution in [0.15, 0.2) is 0 Å². The van der Waals surface area contributed by atoms with Crippen LogP contribution >= 0.6 is 0 Å². The van der Waals surface area contributed by atoms with E-state index < -0.39 is 17.6 Å². The van der Waals surface area contributed by atoms with E-state index in [4.69, 9.17) is 10.8 Å². The van der Waals surface area contributed by atoms with Crippen molar-refractivity contribution < 1.29 is 14.7 Å². The molecule has 0 aliphatic rings. The molecule has 0 saturated carbocycles. The maximum Gasteiger partial charge on any atom is 0.326 e. The van der Waals surface area contributed by atoms with E-state index in [1.807, 2.05) is 20.8 Å². The molecule has 0 fully saturated rings. The molecule has 0 aliphatic carbocycles. The van der Waals surface area contributed by atoms with Crippen molar-refractivity contribution in [3.63, 3.8) is 0 Å². The first-order valence-corrected chi connectivity index (χ1v) is 5.57. The van der Waals surface area contributed by atoms with Gasteiger partial charge in [0.15, 0.2) is 0 Å². The van der Waals surface area contributed by atoms with Gasteiger partial charge in [-0.05, 0) is 26.7 Å². The number of hydrogen-bond donors (Lipinski definition) is 3. The van der Waals surface area contributed by atoms with Gasteiger partial charge in [0.2, 0.25) is 5.91 Å². The van der Waals surface area contributed by atoms with E-state index in [2.05, 4.69) is 5.32 Å². The van der Waals surface area contributed by atoms with Gasteiger partial charge in [-0.15, -0.1) is 0 Å². The number of nitrogens with two attached hydrogens (primary N) is 1. The average molecular weight is 230 g/mol. The van der Waals surface area contributed by atoms with Gasteiger partial charge in [0.05, 0.1) is 0 Å². The molecule has 0 aromatic carbocycles. The lowest BCUT2D eigenvalue weighted by Gasteiger charge is -2.19. The van der Waals surface area contributed by atoms with Crippen LogP contribution in [0, 0.1) is 0 Å². The summed E-state index contributed by atoms with van der Waals surface area (Å²) in [6.45, 7) is 5.55. The van der Waals surface area contributed by atoms with Gasteiger partial charge in [-0.3, -0.25) is 4.79 Å². The number of carboxylic acids is 1. The minimum Gasteiger partial charge on any atom is -0.480 e. The number of amides is 1. The van der Waals surface area contributed by atoms with Crippen molar-refractivity contribution in [1.82, 2.24) is 5.32 Å². The number of rotatable bonds is 7. The second kappa shape index (κ2) is 6.48. The second-order valence-electron chi connectivity index (χ2n) is 4.74. The third-order valence-corrected chi connectivity index (χ3v) is 2.21. The minimum atomic E-state index is -0.984. The zero-order valence-corrected chi connectivity index (χ0v) is 10.2. The van der Waals surface area contributed by atoms with Crippen LogP contribution in [0.1, 0.15) is 46.5 Å². The monoisotopic (exact) mass is 230 g/mol. The van der Waals surface area contributed by atoms with Crippen molar-refractivity contribution in [2.75, 3.05) is 0 Å². The number of carbonyl (C=O) groups is 2. The normalized spacial score (nSPS) is 13.2. The largest absolute Gasteiger partial charge is 0.480 e. The lowest BCUT2D eigenvalue weighted by molar-refractivity contribution is -0.142. The Morgan fingerprint density at radius 3 is 2.38 bits per heavy atom. The zero-order chi connectivity index (χ0) is 12.8. The van der Waals surface area contributed by atoms with Gasteiger partial charge in [-0.25, -0.2) is 4.79 Å². The van der Waals surface area contributed by atoms with Gasteiger partial charge >= 0.3 is 5.97 Å². The Kier molecular flexibility index (Phi) is 6.03. The lowest BCUT2D eigenvalue weighted by atomic mass is 10.00. The Hall–Kier alpha value is -1.10. The summed E-state index contributed by atoms with van der Waals surface area (Å²) in [7, 11) is 0. The highest BCUT2D eigenvalue weighted by Gasteiger charge is 2.20. The molecule has 0 radical (unpaired) electrons. The van der Waals surface area contributed by atoms with E-state index in [-0.39, 0.29) is 12.3 Å². The molecule has 0 spiro atoms. The van der Waals surface area contributed by atoms with Crippen LogP contribution in [0.5, 0.6) is 0 Å². The van der Waals surface area contributed by atoms with Crippen LogP contribution in [0.4, 0.5) is 0 Å². The standard InChI is InChI=1S/C11H22N2O3/c1-4-5-8(10(15)16)13-9(14)6-7-11(2,3)12/h8H,4-7,12H2,1-3H3,(H,13,14)(H,15,16). The molecule has 0 aliphatic heterocycles. The summed E-state index contributed by atoms with van der Waals surface area (Å²) in [4.78, 5) is 22.2. The number of hydrogen-bond acceptors (Lipinski definition) is 3. The second-order valence-corrected chi connectivity index (χ2v) is 4.74. The Morgan fingerprint density at radius 2 is 2.00 bits per heavy atom. The van der Waals surface area contributed by atoms with Gasteiger partial charge in [-0.2, -0.15) is 0 Å². The van der Waals surface area contributed by atoms with Crippen molar-refractivity contribution in [3.8, 4) is 0 Å². The van der Waals surface area contributed by atoms with E-state index in [1.54, 1.807) is 0 Å². The molecule has 0 aromatic heterocycles. The molecule has 94 valence electrons. The lowest BCUT2D eigenvalue weighted by Crippen LogP contribution is -2.42. The molecular formula is C11H22N2O3. The van der Waals surface area contributed by atoms with Gasteiger partial charge in [0, 0.05) is 12.0 Å². The molecule has 16 heavy (non-hydrogen) atoms. The molecule has 0 heterocycles. The fourth-order valence-corrected chi connectivity index (χ4v) is 1.25. The Labute approximate surface area is 96.4 Å². The highest BCUT2D eigenvalue weighted by atomic mass is 16.4. The van der Waals surface area contributed by atoms with Crippen molar-refractivity contribution in [1.29, 1.82) is 0 Å². The van der Waals surface area contributed by atoms with Gasteiger partial charge in [0.1, 0.15) is 6.04 Å². The molecular weight excluding hydrogens is 208 g/mol. The highest BCUT2D eigenvalue weighted by Crippen LogP contribution is 2.07. The predicted octanol–water partition coefficient (Wildman–Crippen LogP) is 0.873. The third-order valence-electron chi connectivity index (χ3n) is 2.21. The smallest absolute Gasteiger partial charge is 0.326 e. The summed E-state index contributed by atoms with van der Waals surface area (Å²) in [5, 5.41) is 11.3. The van der Waals surface area contributed by atoms with Crippen molar-refractivity contribution in [3.05, 3.63) is 0 Å². The number of carboxylic acid groups (broad SMARTS) is 1. The first-order chi connectivity index (χ1) is 7.26.